The van der Waals surface area contributed by atoms with E-state index in [4.69, 9.17) is 17.3 Å². The molecule has 0 aliphatic rings. The number of carbonyl (C=O) groups is 1. The fourth-order valence-electron chi connectivity index (χ4n) is 1.66. The summed E-state index contributed by atoms with van der Waals surface area (Å²) in [4.78, 5) is 21.5. The molecule has 1 aromatic heterocycles. The van der Waals surface area contributed by atoms with Gasteiger partial charge in [0.2, 0.25) is 0 Å². The summed E-state index contributed by atoms with van der Waals surface area (Å²) < 4.78 is 0. The molecule has 0 aliphatic heterocycles. The van der Waals surface area contributed by atoms with Crippen LogP contribution in [0.25, 0.3) is 0 Å². The van der Waals surface area contributed by atoms with E-state index < -0.39 is 0 Å². The van der Waals surface area contributed by atoms with E-state index in [0.717, 1.165) is 5.56 Å². The maximum absolute atomic E-state index is 12.1. The van der Waals surface area contributed by atoms with Gasteiger partial charge in [-0.15, -0.1) is 0 Å². The van der Waals surface area contributed by atoms with Crippen molar-refractivity contribution in [3.05, 3.63) is 52.9 Å². The lowest BCUT2D eigenvalue weighted by molar-refractivity contribution is 0.0779. The Balaban J connectivity index is 2.12. The minimum atomic E-state index is -0.236. The van der Waals surface area contributed by atoms with Crippen LogP contribution >= 0.6 is 11.6 Å². The first kappa shape index (κ1) is 13.3. The molecule has 0 unspecified atom stereocenters. The van der Waals surface area contributed by atoms with Crippen LogP contribution in [0.1, 0.15) is 16.1 Å². The summed E-state index contributed by atoms with van der Waals surface area (Å²) in [7, 11) is 1.69. The van der Waals surface area contributed by atoms with Gasteiger partial charge in [-0.05, 0) is 17.7 Å². The zero-order chi connectivity index (χ0) is 13.8. The van der Waals surface area contributed by atoms with Gasteiger partial charge in [0.05, 0.1) is 12.4 Å². The molecule has 0 spiro atoms. The molecule has 2 aromatic rings. The van der Waals surface area contributed by atoms with Crippen molar-refractivity contribution in [2.75, 3.05) is 12.8 Å². The molecule has 2 rings (SSSR count). The first-order chi connectivity index (χ1) is 9.06. The predicted molar refractivity (Wildman–Crippen MR) is 73.7 cm³/mol. The lowest BCUT2D eigenvalue weighted by Crippen LogP contribution is -2.27. The minimum Gasteiger partial charge on any atom is -0.382 e. The van der Waals surface area contributed by atoms with Crippen LogP contribution in [0.3, 0.4) is 0 Å². The Morgan fingerprint density at radius 1 is 1.42 bits per heavy atom. The van der Waals surface area contributed by atoms with Crippen molar-refractivity contribution in [3.8, 4) is 0 Å². The van der Waals surface area contributed by atoms with Crippen LogP contribution < -0.4 is 5.73 Å². The maximum atomic E-state index is 12.1. The SMILES string of the molecule is CN(Cc1cccc(Cl)c1)C(=O)c1cncc(N)n1. The number of aromatic nitrogens is 2. The number of nitrogen functional groups attached to an aromatic ring is 1. The highest BCUT2D eigenvalue weighted by atomic mass is 35.5. The number of hydrogen-bond acceptors (Lipinski definition) is 4. The zero-order valence-electron chi connectivity index (χ0n) is 10.4. The van der Waals surface area contributed by atoms with Crippen LogP contribution in [-0.4, -0.2) is 27.8 Å². The van der Waals surface area contributed by atoms with Gasteiger partial charge in [-0.2, -0.15) is 0 Å². The van der Waals surface area contributed by atoms with Gasteiger partial charge < -0.3 is 10.6 Å². The number of carbonyl (C=O) groups excluding carboxylic acids is 1. The fraction of sp³-hybridized carbons (Fsp3) is 0.154. The monoisotopic (exact) mass is 276 g/mol. The average Bonchev–Trinajstić information content (AvgIpc) is 2.38. The van der Waals surface area contributed by atoms with E-state index in [1.165, 1.54) is 17.3 Å². The molecule has 0 saturated heterocycles. The van der Waals surface area contributed by atoms with Crippen molar-refractivity contribution >= 4 is 23.3 Å². The fourth-order valence-corrected chi connectivity index (χ4v) is 1.87. The third kappa shape index (κ3) is 3.42. The molecule has 1 heterocycles. The molecule has 1 amide bonds. The molecule has 2 N–H and O–H groups in total. The summed E-state index contributed by atoms with van der Waals surface area (Å²) in [5, 5.41) is 0.641. The molecule has 1 aromatic carbocycles. The quantitative estimate of drug-likeness (QED) is 0.930. The Kier molecular flexibility index (Phi) is 3.97. The normalized spacial score (nSPS) is 10.2. The highest BCUT2D eigenvalue weighted by molar-refractivity contribution is 6.30. The van der Waals surface area contributed by atoms with Gasteiger partial charge in [0.25, 0.3) is 5.91 Å². The number of amides is 1. The standard InChI is InChI=1S/C13H13ClN4O/c1-18(8-9-3-2-4-10(14)5-9)13(19)11-6-16-7-12(15)17-11/h2-7H,8H2,1H3,(H2,15,17). The summed E-state index contributed by atoms with van der Waals surface area (Å²) in [5.41, 5.74) is 6.68. The first-order valence-electron chi connectivity index (χ1n) is 5.63. The Labute approximate surface area is 116 Å². The Morgan fingerprint density at radius 2 is 2.21 bits per heavy atom. The van der Waals surface area contributed by atoms with Crippen molar-refractivity contribution in [2.45, 2.75) is 6.54 Å². The van der Waals surface area contributed by atoms with Crippen LogP contribution in [0.5, 0.6) is 0 Å². The molecule has 5 nitrogen and oxygen atoms in total. The first-order valence-corrected chi connectivity index (χ1v) is 6.01. The highest BCUT2D eigenvalue weighted by Gasteiger charge is 2.14. The third-order valence-electron chi connectivity index (χ3n) is 2.53. The summed E-state index contributed by atoms with van der Waals surface area (Å²) >= 11 is 5.90. The maximum Gasteiger partial charge on any atom is 0.274 e. The Morgan fingerprint density at radius 3 is 2.89 bits per heavy atom. The number of hydrogen-bond donors (Lipinski definition) is 1. The van der Waals surface area contributed by atoms with Gasteiger partial charge in [-0.25, -0.2) is 4.98 Å². The van der Waals surface area contributed by atoms with Gasteiger partial charge in [-0.3, -0.25) is 9.78 Å². The van der Waals surface area contributed by atoms with Crippen LogP contribution in [0.2, 0.25) is 5.02 Å². The number of benzene rings is 1. The predicted octanol–water partition coefficient (Wildman–Crippen LogP) is 1.98. The van der Waals surface area contributed by atoms with Crippen LogP contribution in [0.15, 0.2) is 36.7 Å². The van der Waals surface area contributed by atoms with Gasteiger partial charge >= 0.3 is 0 Å². The third-order valence-corrected chi connectivity index (χ3v) is 2.76. The zero-order valence-corrected chi connectivity index (χ0v) is 11.1. The summed E-state index contributed by atoms with van der Waals surface area (Å²) in [6.07, 6.45) is 2.79. The number of anilines is 1. The topological polar surface area (TPSA) is 72.1 Å². The van der Waals surface area contributed by atoms with E-state index in [2.05, 4.69) is 9.97 Å². The molecular weight excluding hydrogens is 264 g/mol. The van der Waals surface area contributed by atoms with E-state index in [1.54, 1.807) is 13.1 Å². The van der Waals surface area contributed by atoms with Gasteiger partial charge in [-0.1, -0.05) is 23.7 Å². The highest BCUT2D eigenvalue weighted by Crippen LogP contribution is 2.13. The number of halogens is 1. The summed E-state index contributed by atoms with van der Waals surface area (Å²) in [6, 6.07) is 7.35. The smallest absolute Gasteiger partial charge is 0.274 e. The molecule has 19 heavy (non-hydrogen) atoms. The largest absolute Gasteiger partial charge is 0.382 e. The van der Waals surface area contributed by atoms with Crippen molar-refractivity contribution in [1.82, 2.24) is 14.9 Å². The molecule has 0 saturated carbocycles. The summed E-state index contributed by atoms with van der Waals surface area (Å²) in [6.45, 7) is 0.440. The van der Waals surface area contributed by atoms with Crippen molar-refractivity contribution in [3.63, 3.8) is 0 Å². The second-order valence-electron chi connectivity index (χ2n) is 4.12. The lowest BCUT2D eigenvalue weighted by atomic mass is 10.2. The molecule has 0 radical (unpaired) electrons. The Bertz CT molecular complexity index is 603. The molecule has 0 aliphatic carbocycles. The number of nitrogens with two attached hydrogens (primary N) is 1. The molecule has 0 atom stereocenters. The second kappa shape index (κ2) is 5.67. The van der Waals surface area contributed by atoms with Crippen LogP contribution in [0, 0.1) is 0 Å². The van der Waals surface area contributed by atoms with Crippen molar-refractivity contribution in [1.29, 1.82) is 0 Å². The van der Waals surface area contributed by atoms with E-state index in [1.807, 2.05) is 18.2 Å². The molecular formula is C13H13ClN4O. The van der Waals surface area contributed by atoms with Gasteiger partial charge in [0.15, 0.2) is 0 Å². The second-order valence-corrected chi connectivity index (χ2v) is 4.56. The van der Waals surface area contributed by atoms with Crippen LogP contribution in [-0.2, 0) is 6.54 Å². The van der Waals surface area contributed by atoms with E-state index in [-0.39, 0.29) is 17.4 Å². The number of nitrogens with zero attached hydrogens (tertiary/aromatic N) is 3. The molecule has 0 bridgehead atoms. The minimum absolute atomic E-state index is 0.224. The van der Waals surface area contributed by atoms with Gasteiger partial charge in [0, 0.05) is 18.6 Å². The van der Waals surface area contributed by atoms with Crippen molar-refractivity contribution in [2.24, 2.45) is 0 Å². The summed E-state index contributed by atoms with van der Waals surface area (Å²) in [5.74, 6) is -0.0122. The lowest BCUT2D eigenvalue weighted by Gasteiger charge is -2.16. The van der Waals surface area contributed by atoms with E-state index in [9.17, 15) is 4.79 Å². The van der Waals surface area contributed by atoms with Crippen LogP contribution in [0.4, 0.5) is 5.82 Å². The molecule has 0 fully saturated rings. The van der Waals surface area contributed by atoms with Crippen molar-refractivity contribution < 1.29 is 4.79 Å². The molecule has 6 heteroatoms. The number of rotatable bonds is 3. The molecule has 98 valence electrons. The Hall–Kier alpha value is -2.14. The van der Waals surface area contributed by atoms with E-state index in [0.29, 0.717) is 11.6 Å². The van der Waals surface area contributed by atoms with E-state index >= 15 is 0 Å². The van der Waals surface area contributed by atoms with Gasteiger partial charge in [0.1, 0.15) is 11.5 Å². The average molecular weight is 277 g/mol.